The first-order valence-electron chi connectivity index (χ1n) is 5.03. The van der Waals surface area contributed by atoms with Gasteiger partial charge in [-0.05, 0) is 39.4 Å². The molecule has 2 atom stereocenters. The molecular formula is C10H19N3. The van der Waals surface area contributed by atoms with Crippen LogP contribution in [0.15, 0.2) is 0 Å². The first-order valence-corrected chi connectivity index (χ1v) is 5.03. The Hall–Kier alpha value is -0.590. The normalized spacial score (nSPS) is 25.8. The lowest BCUT2D eigenvalue weighted by atomic mass is 10.1. The molecule has 74 valence electrons. The van der Waals surface area contributed by atoms with Crippen LogP contribution in [0.2, 0.25) is 0 Å². The maximum absolute atomic E-state index is 8.58. The van der Waals surface area contributed by atoms with Crippen LogP contribution in [0.3, 0.4) is 0 Å². The Morgan fingerprint density at radius 1 is 1.69 bits per heavy atom. The Morgan fingerprint density at radius 3 is 3.08 bits per heavy atom. The third-order valence-electron chi connectivity index (χ3n) is 2.82. The molecule has 3 heteroatoms. The molecule has 0 aromatic carbocycles. The molecule has 0 saturated carbocycles. The average molecular weight is 181 g/mol. The molecule has 0 bridgehead atoms. The summed E-state index contributed by atoms with van der Waals surface area (Å²) in [6.45, 7) is 5.57. The summed E-state index contributed by atoms with van der Waals surface area (Å²) in [4.78, 5) is 2.42. The minimum Gasteiger partial charge on any atom is -0.319 e. The highest BCUT2D eigenvalue weighted by molar-refractivity contribution is 4.85. The Labute approximate surface area is 80.7 Å². The van der Waals surface area contributed by atoms with Gasteiger partial charge >= 0.3 is 0 Å². The van der Waals surface area contributed by atoms with Crippen molar-refractivity contribution in [1.82, 2.24) is 10.2 Å². The lowest BCUT2D eigenvalue weighted by Gasteiger charge is -2.21. The predicted molar refractivity (Wildman–Crippen MR) is 53.3 cm³/mol. The van der Waals surface area contributed by atoms with E-state index in [0.717, 1.165) is 25.6 Å². The molecule has 1 aliphatic heterocycles. The molecule has 3 nitrogen and oxygen atoms in total. The van der Waals surface area contributed by atoms with E-state index in [2.05, 4.69) is 23.2 Å². The number of nitrogens with one attached hydrogen (secondary N) is 1. The average Bonchev–Trinajstić information content (AvgIpc) is 2.54. The molecule has 0 aliphatic carbocycles. The van der Waals surface area contributed by atoms with E-state index in [1.54, 1.807) is 0 Å². The maximum atomic E-state index is 8.58. The van der Waals surface area contributed by atoms with Crippen molar-refractivity contribution >= 4 is 0 Å². The first kappa shape index (κ1) is 10.5. The van der Waals surface area contributed by atoms with E-state index in [4.69, 9.17) is 5.26 Å². The molecule has 0 aromatic rings. The molecule has 13 heavy (non-hydrogen) atoms. The highest BCUT2D eigenvalue weighted by atomic mass is 15.2. The van der Waals surface area contributed by atoms with Crippen molar-refractivity contribution in [3.63, 3.8) is 0 Å². The molecule has 1 aliphatic rings. The molecule has 1 heterocycles. The van der Waals surface area contributed by atoms with Gasteiger partial charge in [0.1, 0.15) is 0 Å². The summed E-state index contributed by atoms with van der Waals surface area (Å²) in [6.07, 6.45) is 1.93. The molecule has 0 radical (unpaired) electrons. The number of nitriles is 1. The summed E-state index contributed by atoms with van der Waals surface area (Å²) >= 11 is 0. The van der Waals surface area contributed by atoms with Gasteiger partial charge in [0.2, 0.25) is 0 Å². The monoisotopic (exact) mass is 181 g/mol. The Morgan fingerprint density at radius 2 is 2.46 bits per heavy atom. The van der Waals surface area contributed by atoms with E-state index in [0.29, 0.717) is 12.5 Å². The van der Waals surface area contributed by atoms with Gasteiger partial charge in [-0.2, -0.15) is 5.26 Å². The lowest BCUT2D eigenvalue weighted by Crippen LogP contribution is -2.31. The van der Waals surface area contributed by atoms with Crippen LogP contribution in [-0.4, -0.2) is 37.6 Å². The van der Waals surface area contributed by atoms with Crippen LogP contribution >= 0.6 is 0 Å². The van der Waals surface area contributed by atoms with Gasteiger partial charge in [-0.3, -0.25) is 4.90 Å². The largest absolute Gasteiger partial charge is 0.319 e. The standard InChI is InChI=1S/C10H19N3/c1-9(3-5-11)13-6-4-10(8-13)7-12-2/h9-10,12H,3-4,6-8H2,1-2H3. The number of likely N-dealkylation sites (tertiary alicyclic amines) is 1. The van der Waals surface area contributed by atoms with Crippen molar-refractivity contribution < 1.29 is 0 Å². The van der Waals surface area contributed by atoms with Crippen LogP contribution in [0.25, 0.3) is 0 Å². The second kappa shape index (κ2) is 5.21. The Balaban J connectivity index is 2.28. The second-order valence-electron chi connectivity index (χ2n) is 3.92. The van der Waals surface area contributed by atoms with Gasteiger partial charge in [-0.15, -0.1) is 0 Å². The smallest absolute Gasteiger partial charge is 0.0638 e. The van der Waals surface area contributed by atoms with E-state index in [1.807, 2.05) is 7.05 Å². The zero-order valence-electron chi connectivity index (χ0n) is 8.58. The molecule has 1 fully saturated rings. The van der Waals surface area contributed by atoms with Crippen LogP contribution in [0.4, 0.5) is 0 Å². The first-order chi connectivity index (χ1) is 6.27. The molecule has 0 amide bonds. The lowest BCUT2D eigenvalue weighted by molar-refractivity contribution is 0.251. The molecular weight excluding hydrogens is 162 g/mol. The topological polar surface area (TPSA) is 39.1 Å². The third kappa shape index (κ3) is 2.98. The number of nitrogens with zero attached hydrogens (tertiary/aromatic N) is 2. The SMILES string of the molecule is CNCC1CCN(C(C)CC#N)C1. The molecule has 0 aromatic heterocycles. The fourth-order valence-electron chi connectivity index (χ4n) is 1.98. The van der Waals surface area contributed by atoms with E-state index in [-0.39, 0.29) is 0 Å². The van der Waals surface area contributed by atoms with Crippen LogP contribution < -0.4 is 5.32 Å². The zero-order valence-corrected chi connectivity index (χ0v) is 8.58. The molecule has 1 N–H and O–H groups in total. The van der Waals surface area contributed by atoms with Crippen molar-refractivity contribution in [2.24, 2.45) is 5.92 Å². The summed E-state index contributed by atoms with van der Waals surface area (Å²) in [6, 6.07) is 2.67. The third-order valence-corrected chi connectivity index (χ3v) is 2.82. The highest BCUT2D eigenvalue weighted by Gasteiger charge is 2.24. The summed E-state index contributed by atoms with van der Waals surface area (Å²) < 4.78 is 0. The maximum Gasteiger partial charge on any atom is 0.0638 e. The summed E-state index contributed by atoms with van der Waals surface area (Å²) in [5.74, 6) is 0.783. The van der Waals surface area contributed by atoms with Crippen molar-refractivity contribution in [2.45, 2.75) is 25.8 Å². The van der Waals surface area contributed by atoms with E-state index in [9.17, 15) is 0 Å². The molecule has 2 unspecified atom stereocenters. The van der Waals surface area contributed by atoms with E-state index < -0.39 is 0 Å². The van der Waals surface area contributed by atoms with Gasteiger partial charge < -0.3 is 5.32 Å². The Bertz CT molecular complexity index is 185. The van der Waals surface area contributed by atoms with Crippen molar-refractivity contribution in [2.75, 3.05) is 26.7 Å². The highest BCUT2D eigenvalue weighted by Crippen LogP contribution is 2.18. The number of hydrogen-bond donors (Lipinski definition) is 1. The van der Waals surface area contributed by atoms with Gasteiger partial charge in [-0.25, -0.2) is 0 Å². The minimum absolute atomic E-state index is 0.437. The van der Waals surface area contributed by atoms with Crippen LogP contribution in [0.1, 0.15) is 19.8 Å². The quantitative estimate of drug-likeness (QED) is 0.698. The second-order valence-corrected chi connectivity index (χ2v) is 3.92. The number of hydrogen-bond acceptors (Lipinski definition) is 3. The molecule has 0 spiro atoms. The van der Waals surface area contributed by atoms with Gasteiger partial charge in [0.25, 0.3) is 0 Å². The summed E-state index contributed by atoms with van der Waals surface area (Å²) in [5, 5.41) is 11.8. The van der Waals surface area contributed by atoms with Gasteiger partial charge in [0.05, 0.1) is 12.5 Å². The zero-order chi connectivity index (χ0) is 9.68. The predicted octanol–water partition coefficient (Wildman–Crippen LogP) is 0.830. The van der Waals surface area contributed by atoms with E-state index in [1.165, 1.54) is 6.42 Å². The van der Waals surface area contributed by atoms with Gasteiger partial charge in [-0.1, -0.05) is 0 Å². The fraction of sp³-hybridized carbons (Fsp3) is 0.900. The Kier molecular flexibility index (Phi) is 4.20. The van der Waals surface area contributed by atoms with Crippen molar-refractivity contribution in [3.8, 4) is 6.07 Å². The molecule has 1 saturated heterocycles. The molecule has 1 rings (SSSR count). The summed E-state index contributed by atoms with van der Waals surface area (Å²) in [5.41, 5.74) is 0. The van der Waals surface area contributed by atoms with E-state index >= 15 is 0 Å². The van der Waals surface area contributed by atoms with Crippen molar-refractivity contribution in [1.29, 1.82) is 5.26 Å². The van der Waals surface area contributed by atoms with Crippen molar-refractivity contribution in [3.05, 3.63) is 0 Å². The number of rotatable bonds is 4. The fourth-order valence-corrected chi connectivity index (χ4v) is 1.98. The van der Waals surface area contributed by atoms with Crippen LogP contribution in [-0.2, 0) is 0 Å². The summed E-state index contributed by atoms with van der Waals surface area (Å²) in [7, 11) is 2.00. The van der Waals surface area contributed by atoms with Crippen LogP contribution in [0.5, 0.6) is 0 Å². The minimum atomic E-state index is 0.437. The van der Waals surface area contributed by atoms with Gasteiger partial charge in [0.15, 0.2) is 0 Å². The van der Waals surface area contributed by atoms with Gasteiger partial charge in [0, 0.05) is 12.6 Å². The van der Waals surface area contributed by atoms with Crippen LogP contribution in [0, 0.1) is 17.2 Å².